The summed E-state index contributed by atoms with van der Waals surface area (Å²) in [6, 6.07) is 6.59. The Morgan fingerprint density at radius 2 is 1.90 bits per heavy atom. The van der Waals surface area contributed by atoms with Crippen LogP contribution in [0.25, 0.3) is 0 Å². The summed E-state index contributed by atoms with van der Waals surface area (Å²) in [4.78, 5) is 23.0. The molecule has 2 rings (SSSR count). The molecule has 1 aliphatic rings. The number of carbonyl (C=O) groups excluding carboxylic acids is 2. The fourth-order valence-corrected chi connectivity index (χ4v) is 1.68. The summed E-state index contributed by atoms with van der Waals surface area (Å²) in [5, 5.41) is 0. The van der Waals surface area contributed by atoms with Crippen molar-refractivity contribution in [1.29, 1.82) is 0 Å². The van der Waals surface area contributed by atoms with E-state index in [1.165, 1.54) is 6.08 Å². The molecule has 0 amide bonds. The minimum absolute atomic E-state index is 0.0683. The first-order valence-corrected chi connectivity index (χ1v) is 6.33. The summed E-state index contributed by atoms with van der Waals surface area (Å²) in [5.74, 6) is -0.340. The number of esters is 2. The summed E-state index contributed by atoms with van der Waals surface area (Å²) < 4.78 is 15.4. The fourth-order valence-electron chi connectivity index (χ4n) is 1.68. The molecule has 0 saturated carbocycles. The van der Waals surface area contributed by atoms with E-state index in [1.807, 2.05) is 13.8 Å². The third-order valence-corrected chi connectivity index (χ3v) is 2.62. The molecule has 0 bridgehead atoms. The van der Waals surface area contributed by atoms with Crippen molar-refractivity contribution in [2.24, 2.45) is 0 Å². The minimum Gasteiger partial charge on any atom is -0.491 e. The Morgan fingerprint density at radius 3 is 2.40 bits per heavy atom. The van der Waals surface area contributed by atoms with E-state index in [2.05, 4.69) is 0 Å². The van der Waals surface area contributed by atoms with Gasteiger partial charge in [0.05, 0.1) is 11.7 Å². The molecule has 106 valence electrons. The summed E-state index contributed by atoms with van der Waals surface area (Å²) >= 11 is 0. The Kier molecular flexibility index (Phi) is 4.08. The molecule has 0 saturated heterocycles. The third kappa shape index (κ3) is 3.38. The first-order chi connectivity index (χ1) is 9.45. The molecule has 0 aliphatic carbocycles. The monoisotopic (exact) mass is 276 g/mol. The maximum atomic E-state index is 11.9. The van der Waals surface area contributed by atoms with Crippen LogP contribution in [0.5, 0.6) is 5.75 Å². The number of hydrogen-bond donors (Lipinski definition) is 0. The van der Waals surface area contributed by atoms with Crippen LogP contribution in [0.3, 0.4) is 0 Å². The lowest BCUT2D eigenvalue weighted by Crippen LogP contribution is -2.17. The van der Waals surface area contributed by atoms with Crippen molar-refractivity contribution < 1.29 is 23.8 Å². The van der Waals surface area contributed by atoms with Crippen LogP contribution in [-0.2, 0) is 14.3 Å². The summed E-state index contributed by atoms with van der Waals surface area (Å²) in [5.41, 5.74) is 0.804. The predicted octanol–water partition coefficient (Wildman–Crippen LogP) is 2.46. The largest absolute Gasteiger partial charge is 0.491 e. The predicted molar refractivity (Wildman–Crippen MR) is 71.3 cm³/mol. The van der Waals surface area contributed by atoms with E-state index in [0.29, 0.717) is 16.9 Å². The van der Waals surface area contributed by atoms with Gasteiger partial charge in [0, 0.05) is 11.6 Å². The fraction of sp³-hybridized carbons (Fsp3) is 0.333. The molecule has 0 fully saturated rings. The van der Waals surface area contributed by atoms with E-state index in [9.17, 15) is 9.59 Å². The van der Waals surface area contributed by atoms with Gasteiger partial charge in [-0.05, 0) is 45.0 Å². The lowest BCUT2D eigenvalue weighted by molar-refractivity contribution is -0.151. The smallest absolute Gasteiger partial charge is 0.341 e. The van der Waals surface area contributed by atoms with Crippen LogP contribution >= 0.6 is 0 Å². The molecule has 5 nitrogen and oxygen atoms in total. The van der Waals surface area contributed by atoms with Crippen molar-refractivity contribution in [2.75, 3.05) is 0 Å². The van der Waals surface area contributed by atoms with Crippen molar-refractivity contribution in [3.8, 4) is 5.75 Å². The lowest BCUT2D eigenvalue weighted by Gasteiger charge is -2.11. The van der Waals surface area contributed by atoms with Gasteiger partial charge in [0.2, 0.25) is 0 Å². The zero-order chi connectivity index (χ0) is 14.7. The van der Waals surface area contributed by atoms with E-state index in [0.717, 1.165) is 0 Å². The van der Waals surface area contributed by atoms with Gasteiger partial charge in [-0.15, -0.1) is 0 Å². The van der Waals surface area contributed by atoms with Gasteiger partial charge in [-0.1, -0.05) is 0 Å². The van der Waals surface area contributed by atoms with Crippen molar-refractivity contribution in [3.63, 3.8) is 0 Å². The highest BCUT2D eigenvalue weighted by molar-refractivity contribution is 5.92. The maximum Gasteiger partial charge on any atom is 0.341 e. The highest BCUT2D eigenvalue weighted by Gasteiger charge is 2.25. The van der Waals surface area contributed by atoms with E-state index < -0.39 is 18.2 Å². The van der Waals surface area contributed by atoms with Gasteiger partial charge in [0.25, 0.3) is 6.29 Å². The van der Waals surface area contributed by atoms with Gasteiger partial charge < -0.3 is 14.2 Å². The van der Waals surface area contributed by atoms with Crippen LogP contribution in [-0.4, -0.2) is 24.3 Å². The van der Waals surface area contributed by atoms with Crippen molar-refractivity contribution in [2.45, 2.75) is 33.2 Å². The molecule has 0 spiro atoms. The first-order valence-electron chi connectivity index (χ1n) is 6.33. The number of hydrogen-bond acceptors (Lipinski definition) is 5. The maximum absolute atomic E-state index is 11.9. The van der Waals surface area contributed by atoms with Crippen LogP contribution < -0.4 is 4.74 Å². The average Bonchev–Trinajstić information content (AvgIpc) is 2.68. The summed E-state index contributed by atoms with van der Waals surface area (Å²) in [6.07, 6.45) is 0.594. The SMILES string of the molecule is CC1=C[C@H](OC(=O)c2ccc(OC(C)C)cc2)OC1=O. The van der Waals surface area contributed by atoms with Crippen molar-refractivity contribution >= 4 is 11.9 Å². The van der Waals surface area contributed by atoms with Crippen molar-refractivity contribution in [1.82, 2.24) is 0 Å². The lowest BCUT2D eigenvalue weighted by atomic mass is 10.2. The highest BCUT2D eigenvalue weighted by Crippen LogP contribution is 2.18. The van der Waals surface area contributed by atoms with E-state index in [1.54, 1.807) is 31.2 Å². The number of ether oxygens (including phenoxy) is 3. The number of carbonyl (C=O) groups is 2. The molecular weight excluding hydrogens is 260 g/mol. The van der Waals surface area contributed by atoms with Crippen LogP contribution in [0, 0.1) is 0 Å². The number of benzene rings is 1. The number of rotatable bonds is 4. The van der Waals surface area contributed by atoms with Crippen LogP contribution in [0.1, 0.15) is 31.1 Å². The molecule has 1 aromatic rings. The highest BCUT2D eigenvalue weighted by atomic mass is 16.7. The second kappa shape index (κ2) is 5.77. The van der Waals surface area contributed by atoms with Gasteiger partial charge in [-0.3, -0.25) is 0 Å². The van der Waals surface area contributed by atoms with Crippen molar-refractivity contribution in [3.05, 3.63) is 41.5 Å². The molecular formula is C15H16O5. The molecule has 5 heteroatoms. The third-order valence-electron chi connectivity index (χ3n) is 2.62. The van der Waals surface area contributed by atoms with Gasteiger partial charge in [0.15, 0.2) is 0 Å². The molecule has 20 heavy (non-hydrogen) atoms. The zero-order valence-electron chi connectivity index (χ0n) is 11.6. The molecule has 0 unspecified atom stereocenters. The van der Waals surface area contributed by atoms with E-state index in [4.69, 9.17) is 14.2 Å². The van der Waals surface area contributed by atoms with Gasteiger partial charge >= 0.3 is 11.9 Å². The Hall–Kier alpha value is -2.30. The number of cyclic esters (lactones) is 1. The van der Waals surface area contributed by atoms with Crippen LogP contribution in [0.15, 0.2) is 35.9 Å². The molecule has 0 radical (unpaired) electrons. The summed E-state index contributed by atoms with van der Waals surface area (Å²) in [7, 11) is 0. The Morgan fingerprint density at radius 1 is 1.25 bits per heavy atom. The second-order valence-corrected chi connectivity index (χ2v) is 4.72. The van der Waals surface area contributed by atoms with Gasteiger partial charge in [-0.2, -0.15) is 0 Å². The molecule has 0 aromatic heterocycles. The van der Waals surface area contributed by atoms with Gasteiger partial charge in [-0.25, -0.2) is 9.59 Å². The second-order valence-electron chi connectivity index (χ2n) is 4.72. The topological polar surface area (TPSA) is 61.8 Å². The molecule has 0 N–H and O–H groups in total. The summed E-state index contributed by atoms with van der Waals surface area (Å²) in [6.45, 7) is 5.45. The molecule has 1 aromatic carbocycles. The minimum atomic E-state index is -0.943. The molecule has 1 atom stereocenters. The quantitative estimate of drug-likeness (QED) is 0.790. The van der Waals surface area contributed by atoms with Crippen LogP contribution in [0.4, 0.5) is 0 Å². The van der Waals surface area contributed by atoms with E-state index >= 15 is 0 Å². The Labute approximate surface area is 117 Å². The average molecular weight is 276 g/mol. The van der Waals surface area contributed by atoms with Gasteiger partial charge in [0.1, 0.15) is 5.75 Å². The standard InChI is InChI=1S/C15H16O5/c1-9(2)18-12-6-4-11(5-7-12)15(17)20-13-8-10(3)14(16)19-13/h4-9,13H,1-3H3/t13-/m0/s1. The Balaban J connectivity index is 1.98. The molecule has 1 heterocycles. The Bertz CT molecular complexity index is 542. The van der Waals surface area contributed by atoms with E-state index in [-0.39, 0.29) is 6.10 Å². The first kappa shape index (κ1) is 14.1. The van der Waals surface area contributed by atoms with Crippen LogP contribution in [0.2, 0.25) is 0 Å². The normalized spacial score (nSPS) is 17.7. The molecule has 1 aliphatic heterocycles. The zero-order valence-corrected chi connectivity index (χ0v) is 11.6.